The summed E-state index contributed by atoms with van der Waals surface area (Å²) in [5.41, 5.74) is 10.5. The number of aryl methyl sites for hydroxylation is 1. The van der Waals surface area contributed by atoms with Gasteiger partial charge in [0.25, 0.3) is 11.6 Å². The maximum absolute atomic E-state index is 13.3. The normalized spacial score (nSPS) is 22.6. The van der Waals surface area contributed by atoms with Crippen LogP contribution in [0.25, 0.3) is 0 Å². The van der Waals surface area contributed by atoms with Crippen LogP contribution in [0.3, 0.4) is 0 Å². The Morgan fingerprint density at radius 2 is 2.03 bits per heavy atom. The second-order valence-corrected chi connectivity index (χ2v) is 9.35. The molecule has 3 aliphatic rings. The summed E-state index contributed by atoms with van der Waals surface area (Å²) in [4.78, 5) is 38.4. The molecular weight excluding hydrogens is 406 g/mol. The maximum atomic E-state index is 13.3. The predicted molar refractivity (Wildman–Crippen MR) is 121 cm³/mol. The second-order valence-electron chi connectivity index (χ2n) is 9.35. The summed E-state index contributed by atoms with van der Waals surface area (Å²) in [7, 11) is 0. The van der Waals surface area contributed by atoms with E-state index in [1.807, 2.05) is 30.0 Å². The smallest absolute Gasteiger partial charge is 0.282 e. The van der Waals surface area contributed by atoms with Gasteiger partial charge in [-0.2, -0.15) is 0 Å². The summed E-state index contributed by atoms with van der Waals surface area (Å²) in [5.74, 6) is 0.638. The van der Waals surface area contributed by atoms with Gasteiger partial charge in [-0.05, 0) is 67.1 Å². The fourth-order valence-corrected chi connectivity index (χ4v) is 5.69. The van der Waals surface area contributed by atoms with Gasteiger partial charge in [-0.3, -0.25) is 19.7 Å². The molecule has 0 spiro atoms. The first-order valence-corrected chi connectivity index (χ1v) is 11.3. The van der Waals surface area contributed by atoms with E-state index in [4.69, 9.17) is 5.73 Å². The zero-order valence-corrected chi connectivity index (χ0v) is 18.3. The molecule has 2 N–H and O–H groups in total. The summed E-state index contributed by atoms with van der Waals surface area (Å²) in [6, 6.07) is 8.97. The molecule has 2 fully saturated rings. The summed E-state index contributed by atoms with van der Waals surface area (Å²) in [6.45, 7) is 3.99. The third kappa shape index (κ3) is 3.18. The number of nitrogen functional groups attached to an aromatic ring is 1. The van der Waals surface area contributed by atoms with Crippen molar-refractivity contribution in [1.29, 1.82) is 0 Å². The molecule has 0 saturated heterocycles. The van der Waals surface area contributed by atoms with Crippen LogP contribution < -0.4 is 5.73 Å². The van der Waals surface area contributed by atoms with E-state index in [-0.39, 0.29) is 40.8 Å². The molecule has 1 amide bonds. The number of amides is 1. The van der Waals surface area contributed by atoms with Gasteiger partial charge in [-0.25, -0.2) is 0 Å². The Labute approximate surface area is 186 Å². The predicted octanol–water partition coefficient (Wildman–Crippen LogP) is 4.48. The molecule has 32 heavy (non-hydrogen) atoms. The zero-order valence-electron chi connectivity index (χ0n) is 18.3. The third-order valence-corrected chi connectivity index (χ3v) is 7.38. The number of hydrogen-bond donors (Lipinski definition) is 1. The Balaban J connectivity index is 1.45. The summed E-state index contributed by atoms with van der Waals surface area (Å²) >= 11 is 0. The number of ketones is 1. The van der Waals surface area contributed by atoms with Crippen LogP contribution in [0.4, 0.5) is 11.4 Å². The van der Waals surface area contributed by atoms with Gasteiger partial charge in [0.2, 0.25) is 0 Å². The Morgan fingerprint density at radius 3 is 2.66 bits per heavy atom. The first-order chi connectivity index (χ1) is 15.3. The molecule has 2 aromatic carbocycles. The lowest BCUT2D eigenvalue weighted by Gasteiger charge is -2.29. The zero-order chi connectivity index (χ0) is 22.7. The van der Waals surface area contributed by atoms with Gasteiger partial charge in [0.15, 0.2) is 5.78 Å². The molecule has 0 bridgehead atoms. The number of carbonyl (C=O) groups excluding carboxylic acids is 2. The minimum Gasteiger partial charge on any atom is -0.398 e. The Kier molecular flexibility index (Phi) is 4.80. The molecule has 7 heteroatoms. The van der Waals surface area contributed by atoms with Crippen molar-refractivity contribution in [3.05, 3.63) is 68.3 Å². The molecule has 2 aromatic rings. The fraction of sp³-hybridized carbons (Fsp3) is 0.440. The van der Waals surface area contributed by atoms with E-state index in [1.165, 1.54) is 6.07 Å². The van der Waals surface area contributed by atoms with E-state index < -0.39 is 4.92 Å². The van der Waals surface area contributed by atoms with E-state index in [9.17, 15) is 19.7 Å². The quantitative estimate of drug-likeness (QED) is 0.300. The van der Waals surface area contributed by atoms with Crippen molar-refractivity contribution < 1.29 is 14.5 Å². The molecule has 3 unspecified atom stereocenters. The first-order valence-electron chi connectivity index (χ1n) is 11.3. The van der Waals surface area contributed by atoms with Gasteiger partial charge >= 0.3 is 0 Å². The highest BCUT2D eigenvalue weighted by atomic mass is 16.6. The van der Waals surface area contributed by atoms with Gasteiger partial charge in [-0.1, -0.05) is 31.2 Å². The van der Waals surface area contributed by atoms with E-state index in [1.54, 1.807) is 13.0 Å². The summed E-state index contributed by atoms with van der Waals surface area (Å²) in [6.07, 6.45) is 3.80. The van der Waals surface area contributed by atoms with Crippen LogP contribution >= 0.6 is 0 Å². The van der Waals surface area contributed by atoms with Gasteiger partial charge in [0.05, 0.1) is 4.92 Å². The van der Waals surface area contributed by atoms with Crippen LogP contribution in [0, 0.1) is 22.0 Å². The Morgan fingerprint density at radius 1 is 1.28 bits per heavy atom. The Hall–Kier alpha value is -3.22. The van der Waals surface area contributed by atoms with Crippen molar-refractivity contribution in [3.8, 4) is 0 Å². The van der Waals surface area contributed by atoms with Crippen molar-refractivity contribution in [2.75, 3.05) is 5.73 Å². The fourth-order valence-electron chi connectivity index (χ4n) is 5.69. The lowest BCUT2D eigenvalue weighted by atomic mass is 9.93. The Bertz CT molecular complexity index is 1150. The molecule has 5 rings (SSSR count). The van der Waals surface area contributed by atoms with E-state index in [0.717, 1.165) is 42.4 Å². The van der Waals surface area contributed by atoms with Crippen molar-refractivity contribution in [2.24, 2.45) is 11.8 Å². The number of nitrogens with two attached hydrogens (primary N) is 1. The topological polar surface area (TPSA) is 107 Å². The number of nitro groups is 1. The number of nitrogens with zero attached hydrogens (tertiary/aromatic N) is 2. The lowest BCUT2D eigenvalue weighted by molar-refractivity contribution is -0.385. The minimum atomic E-state index is -0.467. The average Bonchev–Trinajstić information content (AvgIpc) is 3.68. The van der Waals surface area contributed by atoms with Crippen LogP contribution in [-0.2, 0) is 13.0 Å². The van der Waals surface area contributed by atoms with Crippen LogP contribution in [0.15, 0.2) is 30.3 Å². The van der Waals surface area contributed by atoms with E-state index >= 15 is 0 Å². The van der Waals surface area contributed by atoms with Crippen LogP contribution in [0.5, 0.6) is 0 Å². The molecule has 2 saturated carbocycles. The highest BCUT2D eigenvalue weighted by molar-refractivity contribution is 6.02. The largest absolute Gasteiger partial charge is 0.398 e. The molecule has 0 aromatic heterocycles. The molecule has 1 heterocycles. The number of benzene rings is 2. The molecule has 1 aliphatic heterocycles. The molecule has 7 nitrogen and oxygen atoms in total. The van der Waals surface area contributed by atoms with Gasteiger partial charge in [-0.15, -0.1) is 0 Å². The first kappa shape index (κ1) is 20.7. The van der Waals surface area contributed by atoms with Crippen LogP contribution in [0.1, 0.15) is 76.4 Å². The van der Waals surface area contributed by atoms with Gasteiger partial charge in [0.1, 0.15) is 5.56 Å². The maximum Gasteiger partial charge on any atom is 0.282 e. The standard InChI is InChI=1S/C25H27N3O4/c1-3-14-9-10-17(23(26)21(14)13(2)29)18-11-19(18)24(15-7-8-15)27-12-16-5-4-6-20(28(31)32)22(16)25(27)30/h4-6,9-10,15,18-19,24H,3,7-8,11-12,26H2,1-2H3. The number of anilines is 1. The molecule has 0 radical (unpaired) electrons. The minimum absolute atomic E-state index is 0.0189. The van der Waals surface area contributed by atoms with Crippen molar-refractivity contribution in [3.63, 3.8) is 0 Å². The second kappa shape index (κ2) is 7.43. The number of fused-ring (bicyclic) bond motifs is 1. The highest BCUT2D eigenvalue weighted by Gasteiger charge is 2.54. The van der Waals surface area contributed by atoms with E-state index in [0.29, 0.717) is 23.7 Å². The van der Waals surface area contributed by atoms with E-state index in [2.05, 4.69) is 0 Å². The summed E-state index contributed by atoms with van der Waals surface area (Å²) < 4.78 is 0. The number of nitro benzene ring substituents is 1. The van der Waals surface area contributed by atoms with Gasteiger partial charge in [0, 0.05) is 29.9 Å². The number of rotatable bonds is 7. The van der Waals surface area contributed by atoms with Crippen molar-refractivity contribution >= 4 is 23.1 Å². The van der Waals surface area contributed by atoms with Crippen molar-refractivity contribution in [1.82, 2.24) is 4.90 Å². The van der Waals surface area contributed by atoms with Crippen LogP contribution in [0.2, 0.25) is 0 Å². The number of hydrogen-bond acceptors (Lipinski definition) is 5. The highest BCUT2D eigenvalue weighted by Crippen LogP contribution is 2.58. The van der Waals surface area contributed by atoms with Crippen LogP contribution in [-0.4, -0.2) is 27.6 Å². The monoisotopic (exact) mass is 433 g/mol. The summed E-state index contributed by atoms with van der Waals surface area (Å²) in [5, 5.41) is 11.5. The SMILES string of the molecule is CCc1ccc(C2CC2C(C2CC2)N2Cc3cccc([N+](=O)[O-])c3C2=O)c(N)c1C(C)=O. The molecular formula is C25H27N3O4. The average molecular weight is 434 g/mol. The number of Topliss-reactive ketones (excluding diaryl/α,β-unsaturated/α-hetero) is 1. The van der Waals surface area contributed by atoms with Gasteiger partial charge < -0.3 is 10.6 Å². The lowest BCUT2D eigenvalue weighted by Crippen LogP contribution is -2.39. The molecule has 166 valence electrons. The van der Waals surface area contributed by atoms with Crippen molar-refractivity contribution in [2.45, 2.75) is 58.0 Å². The molecule has 2 aliphatic carbocycles. The third-order valence-electron chi connectivity index (χ3n) is 7.38. The number of carbonyl (C=O) groups is 2. The molecule has 3 atom stereocenters.